The van der Waals surface area contributed by atoms with Crippen LogP contribution in [0.5, 0.6) is 0 Å². The van der Waals surface area contributed by atoms with Crippen molar-refractivity contribution < 1.29 is 14.3 Å². The van der Waals surface area contributed by atoms with E-state index in [0.717, 1.165) is 12.8 Å². The SMILES string of the molecule is Cc1ncnc(N2CCCC(C)(C)C2C(=O)O)c1F. The highest BCUT2D eigenvalue weighted by Crippen LogP contribution is 2.38. The molecule has 1 atom stereocenters. The summed E-state index contributed by atoms with van der Waals surface area (Å²) in [6.45, 7) is 5.83. The van der Waals surface area contributed by atoms with Gasteiger partial charge in [0.05, 0.1) is 5.69 Å². The van der Waals surface area contributed by atoms with E-state index in [4.69, 9.17) is 0 Å². The average Bonchev–Trinajstić information content (AvgIpc) is 2.30. The summed E-state index contributed by atoms with van der Waals surface area (Å²) in [6, 6.07) is -0.773. The van der Waals surface area contributed by atoms with Crippen LogP contribution in [0.4, 0.5) is 10.2 Å². The maximum atomic E-state index is 14.1. The summed E-state index contributed by atoms with van der Waals surface area (Å²) >= 11 is 0. The number of hydrogen-bond donors (Lipinski definition) is 1. The number of carboxylic acid groups (broad SMARTS) is 1. The minimum absolute atomic E-state index is 0.0904. The van der Waals surface area contributed by atoms with Crippen LogP contribution in [0.3, 0.4) is 0 Å². The predicted molar refractivity (Wildman–Crippen MR) is 68.5 cm³/mol. The third kappa shape index (κ3) is 2.39. The van der Waals surface area contributed by atoms with Gasteiger partial charge in [0.1, 0.15) is 12.4 Å². The summed E-state index contributed by atoms with van der Waals surface area (Å²) in [5.41, 5.74) is -0.187. The highest BCUT2D eigenvalue weighted by Gasteiger charge is 2.43. The van der Waals surface area contributed by atoms with Gasteiger partial charge in [-0.25, -0.2) is 19.2 Å². The van der Waals surface area contributed by atoms with Crippen molar-refractivity contribution in [2.45, 2.75) is 39.7 Å². The molecule has 0 radical (unpaired) electrons. The zero-order chi connectivity index (χ0) is 14.2. The first-order valence-electron chi connectivity index (χ1n) is 6.31. The summed E-state index contributed by atoms with van der Waals surface area (Å²) in [5, 5.41) is 9.46. The normalized spacial score (nSPS) is 22.3. The van der Waals surface area contributed by atoms with Gasteiger partial charge in [-0.15, -0.1) is 0 Å². The summed E-state index contributed by atoms with van der Waals surface area (Å²) < 4.78 is 14.1. The number of aliphatic carboxylic acids is 1. The molecule has 5 nitrogen and oxygen atoms in total. The van der Waals surface area contributed by atoms with Crippen LogP contribution in [-0.4, -0.2) is 33.6 Å². The standard InChI is InChI=1S/C13H18FN3O2/c1-8-9(14)11(16-7-15-8)17-6-4-5-13(2,3)10(17)12(18)19/h7,10H,4-6H2,1-3H3,(H,18,19). The predicted octanol–water partition coefficient (Wildman–Crippen LogP) is 2.00. The molecule has 6 heteroatoms. The Balaban J connectivity index is 2.47. The number of piperidine rings is 1. The van der Waals surface area contributed by atoms with Gasteiger partial charge < -0.3 is 10.0 Å². The van der Waals surface area contributed by atoms with E-state index in [1.165, 1.54) is 6.33 Å². The zero-order valence-corrected chi connectivity index (χ0v) is 11.4. The first-order valence-corrected chi connectivity index (χ1v) is 6.31. The van der Waals surface area contributed by atoms with Crippen LogP contribution >= 0.6 is 0 Å². The molecule has 1 aliphatic rings. The van der Waals surface area contributed by atoms with Gasteiger partial charge in [-0.1, -0.05) is 13.8 Å². The number of carboxylic acids is 1. The monoisotopic (exact) mass is 267 g/mol. The Morgan fingerprint density at radius 3 is 2.84 bits per heavy atom. The van der Waals surface area contributed by atoms with Crippen molar-refractivity contribution in [2.75, 3.05) is 11.4 Å². The van der Waals surface area contributed by atoms with Crippen molar-refractivity contribution in [1.82, 2.24) is 9.97 Å². The smallest absolute Gasteiger partial charge is 0.326 e. The number of anilines is 1. The second-order valence-corrected chi connectivity index (χ2v) is 5.62. The van der Waals surface area contributed by atoms with Gasteiger partial charge in [0.25, 0.3) is 0 Å². The zero-order valence-electron chi connectivity index (χ0n) is 11.4. The molecule has 0 amide bonds. The number of hydrogen-bond acceptors (Lipinski definition) is 4. The molecule has 0 spiro atoms. The topological polar surface area (TPSA) is 66.3 Å². The number of halogens is 1. The molecule has 19 heavy (non-hydrogen) atoms. The van der Waals surface area contributed by atoms with E-state index in [-0.39, 0.29) is 11.5 Å². The fourth-order valence-electron chi connectivity index (χ4n) is 2.73. The van der Waals surface area contributed by atoms with E-state index in [0.29, 0.717) is 6.54 Å². The van der Waals surface area contributed by atoms with Crippen molar-refractivity contribution >= 4 is 11.8 Å². The van der Waals surface area contributed by atoms with Crippen LogP contribution in [0.15, 0.2) is 6.33 Å². The molecule has 1 aliphatic heterocycles. The van der Waals surface area contributed by atoms with E-state index in [1.54, 1.807) is 11.8 Å². The van der Waals surface area contributed by atoms with Crippen LogP contribution in [0.1, 0.15) is 32.4 Å². The van der Waals surface area contributed by atoms with E-state index in [1.807, 2.05) is 13.8 Å². The van der Waals surface area contributed by atoms with Crippen molar-refractivity contribution in [3.8, 4) is 0 Å². The number of carbonyl (C=O) groups is 1. The van der Waals surface area contributed by atoms with Crippen LogP contribution < -0.4 is 4.90 Å². The first-order chi connectivity index (χ1) is 8.84. The van der Waals surface area contributed by atoms with Gasteiger partial charge in [0, 0.05) is 6.54 Å². The lowest BCUT2D eigenvalue weighted by molar-refractivity contribution is -0.142. The van der Waals surface area contributed by atoms with Gasteiger partial charge in [0.2, 0.25) is 0 Å². The number of nitrogens with zero attached hydrogens (tertiary/aromatic N) is 3. The van der Waals surface area contributed by atoms with Crippen LogP contribution in [0, 0.1) is 18.2 Å². The van der Waals surface area contributed by atoms with Gasteiger partial charge in [0.15, 0.2) is 11.6 Å². The lowest BCUT2D eigenvalue weighted by atomic mass is 9.76. The highest BCUT2D eigenvalue weighted by molar-refractivity contribution is 5.79. The summed E-state index contributed by atoms with van der Waals surface area (Å²) in [4.78, 5) is 20.8. The van der Waals surface area contributed by atoms with E-state index < -0.39 is 23.2 Å². The average molecular weight is 267 g/mol. The fraction of sp³-hybridized carbons (Fsp3) is 0.615. The summed E-state index contributed by atoms with van der Waals surface area (Å²) in [7, 11) is 0. The quantitative estimate of drug-likeness (QED) is 0.887. The largest absolute Gasteiger partial charge is 0.480 e. The lowest BCUT2D eigenvalue weighted by Crippen LogP contribution is -2.55. The molecule has 0 bridgehead atoms. The molecule has 1 aromatic heterocycles. The molecule has 0 aliphatic carbocycles. The highest BCUT2D eigenvalue weighted by atomic mass is 19.1. The molecule has 1 fully saturated rings. The third-order valence-electron chi connectivity index (χ3n) is 3.72. The summed E-state index contributed by atoms with van der Waals surface area (Å²) in [5.74, 6) is -1.39. The van der Waals surface area contributed by atoms with Crippen LogP contribution in [0.25, 0.3) is 0 Å². The number of aromatic nitrogens is 2. The molecule has 2 heterocycles. The Kier molecular flexibility index (Phi) is 3.43. The second kappa shape index (κ2) is 4.75. The van der Waals surface area contributed by atoms with Crippen LogP contribution in [0.2, 0.25) is 0 Å². The molecular formula is C13H18FN3O2. The maximum absolute atomic E-state index is 14.1. The Hall–Kier alpha value is -1.72. The van der Waals surface area contributed by atoms with Gasteiger partial charge in [-0.05, 0) is 25.2 Å². The van der Waals surface area contributed by atoms with Gasteiger partial charge >= 0.3 is 5.97 Å². The number of aryl methyl sites for hydroxylation is 1. The number of rotatable bonds is 2. The van der Waals surface area contributed by atoms with Crippen molar-refractivity contribution in [3.63, 3.8) is 0 Å². The van der Waals surface area contributed by atoms with E-state index in [9.17, 15) is 14.3 Å². The lowest BCUT2D eigenvalue weighted by Gasteiger charge is -2.44. The molecule has 1 saturated heterocycles. The first kappa shape index (κ1) is 13.7. The van der Waals surface area contributed by atoms with E-state index >= 15 is 0 Å². The second-order valence-electron chi connectivity index (χ2n) is 5.62. The Bertz CT molecular complexity index is 505. The molecule has 104 valence electrons. The van der Waals surface area contributed by atoms with Crippen LogP contribution in [-0.2, 0) is 4.79 Å². The summed E-state index contributed by atoms with van der Waals surface area (Å²) in [6.07, 6.45) is 2.89. The van der Waals surface area contributed by atoms with Gasteiger partial charge in [-0.2, -0.15) is 0 Å². The minimum atomic E-state index is -0.944. The molecule has 0 saturated carbocycles. The third-order valence-corrected chi connectivity index (χ3v) is 3.72. The van der Waals surface area contributed by atoms with E-state index in [2.05, 4.69) is 9.97 Å². The fourth-order valence-corrected chi connectivity index (χ4v) is 2.73. The molecule has 1 unspecified atom stereocenters. The van der Waals surface area contributed by atoms with Crippen molar-refractivity contribution in [1.29, 1.82) is 0 Å². The molecular weight excluding hydrogens is 249 g/mol. The molecule has 2 rings (SSSR count). The maximum Gasteiger partial charge on any atom is 0.326 e. The van der Waals surface area contributed by atoms with Crippen molar-refractivity contribution in [2.24, 2.45) is 5.41 Å². The Morgan fingerprint density at radius 2 is 2.21 bits per heavy atom. The molecule has 1 aromatic rings. The Morgan fingerprint density at radius 1 is 1.53 bits per heavy atom. The van der Waals surface area contributed by atoms with Crippen molar-refractivity contribution in [3.05, 3.63) is 17.8 Å². The molecule has 1 N–H and O–H groups in total. The molecule has 0 aromatic carbocycles. The van der Waals surface area contributed by atoms with Gasteiger partial charge in [-0.3, -0.25) is 0 Å². The Labute approximate surface area is 111 Å². The minimum Gasteiger partial charge on any atom is -0.480 e.